The molecule has 2 aromatic carbocycles. The quantitative estimate of drug-likeness (QED) is 0.446. The Kier molecular flexibility index (Phi) is 5.86. The van der Waals surface area contributed by atoms with Crippen LogP contribution in [0.1, 0.15) is 29.8 Å². The summed E-state index contributed by atoms with van der Waals surface area (Å²) in [5, 5.41) is 0. The number of ketones is 1. The number of benzene rings is 2. The Bertz CT molecular complexity index is 729. The summed E-state index contributed by atoms with van der Waals surface area (Å²) in [6, 6.07) is 15.3. The van der Waals surface area contributed by atoms with Gasteiger partial charge in [-0.25, -0.2) is 0 Å². The van der Waals surface area contributed by atoms with Crippen molar-refractivity contribution in [2.75, 3.05) is 0 Å². The maximum Gasteiger partial charge on any atom is 0.206 e. The largest absolute Gasteiger partial charge is 0.287 e. The first kappa shape index (κ1) is 16.8. The Morgan fingerprint density at radius 3 is 1.82 bits per heavy atom. The minimum absolute atomic E-state index is 0.0626. The Morgan fingerprint density at radius 2 is 1.32 bits per heavy atom. The third-order valence-corrected chi connectivity index (χ3v) is 4.24. The molecule has 0 saturated carbocycles. The molecular weight excluding hydrogens is 406 g/mol. The van der Waals surface area contributed by atoms with Crippen molar-refractivity contribution in [2.45, 2.75) is 13.8 Å². The first-order valence-corrected chi connectivity index (χ1v) is 8.33. The molecule has 0 radical (unpaired) electrons. The maximum atomic E-state index is 12.3. The summed E-state index contributed by atoms with van der Waals surface area (Å²) in [5.41, 5.74) is 3.20. The van der Waals surface area contributed by atoms with E-state index in [-0.39, 0.29) is 5.78 Å². The van der Waals surface area contributed by atoms with E-state index in [2.05, 4.69) is 36.9 Å². The van der Waals surface area contributed by atoms with Gasteiger partial charge in [0.25, 0.3) is 0 Å². The predicted molar refractivity (Wildman–Crippen MR) is 99.4 cm³/mol. The summed E-state index contributed by atoms with van der Waals surface area (Å²) >= 11 is 6.77. The van der Waals surface area contributed by atoms with Gasteiger partial charge in [-0.1, -0.05) is 44.0 Å². The molecule has 0 unspecified atom stereocenters. The number of rotatable bonds is 4. The molecule has 0 fully saturated rings. The number of carbonyl (C=O) groups excluding carboxylic acids is 1. The van der Waals surface area contributed by atoms with Crippen LogP contribution in [0, 0.1) is 0 Å². The highest BCUT2D eigenvalue weighted by molar-refractivity contribution is 9.10. The molecule has 0 aliphatic heterocycles. The van der Waals surface area contributed by atoms with E-state index >= 15 is 0 Å². The highest BCUT2D eigenvalue weighted by atomic mass is 79.9. The van der Waals surface area contributed by atoms with E-state index in [9.17, 15) is 4.79 Å². The molecule has 112 valence electrons. The normalized spacial score (nSPS) is 12.4. The lowest BCUT2D eigenvalue weighted by atomic mass is 10.1. The van der Waals surface area contributed by atoms with Crippen molar-refractivity contribution in [3.05, 3.63) is 74.8 Å². The highest BCUT2D eigenvalue weighted by Gasteiger charge is 2.08. The van der Waals surface area contributed by atoms with Crippen LogP contribution in [0.15, 0.2) is 68.7 Å². The summed E-state index contributed by atoms with van der Waals surface area (Å²) < 4.78 is 1.98. The zero-order valence-corrected chi connectivity index (χ0v) is 15.5. The van der Waals surface area contributed by atoms with E-state index in [1.165, 1.54) is 0 Å². The smallest absolute Gasteiger partial charge is 0.206 e. The second-order valence-corrected chi connectivity index (χ2v) is 6.70. The molecule has 0 bridgehead atoms. The van der Waals surface area contributed by atoms with Crippen LogP contribution in [0.25, 0.3) is 5.57 Å². The van der Waals surface area contributed by atoms with E-state index in [0.717, 1.165) is 20.1 Å². The molecule has 0 atom stereocenters. The first-order chi connectivity index (χ1) is 10.5. The van der Waals surface area contributed by atoms with Crippen molar-refractivity contribution in [1.29, 1.82) is 0 Å². The second-order valence-electron chi connectivity index (χ2n) is 4.87. The molecule has 0 aromatic heterocycles. The van der Waals surface area contributed by atoms with Crippen molar-refractivity contribution >= 4 is 48.9 Å². The van der Waals surface area contributed by atoms with Gasteiger partial charge >= 0.3 is 0 Å². The van der Waals surface area contributed by atoms with E-state index in [0.29, 0.717) is 11.3 Å². The molecule has 2 rings (SSSR count). The summed E-state index contributed by atoms with van der Waals surface area (Å²) in [6.45, 7) is 3.71. The maximum absolute atomic E-state index is 12.3. The fourth-order valence-corrected chi connectivity index (χ4v) is 2.38. The molecule has 22 heavy (non-hydrogen) atoms. The van der Waals surface area contributed by atoms with Gasteiger partial charge in [0.2, 0.25) is 5.78 Å². The highest BCUT2D eigenvalue weighted by Crippen LogP contribution is 2.17. The van der Waals surface area contributed by atoms with Crippen LogP contribution in [-0.2, 0) is 0 Å². The van der Waals surface area contributed by atoms with E-state index < -0.39 is 0 Å². The minimum Gasteiger partial charge on any atom is -0.287 e. The average molecular weight is 421 g/mol. The van der Waals surface area contributed by atoms with E-state index in [1.807, 2.05) is 43.3 Å². The van der Waals surface area contributed by atoms with Gasteiger partial charge in [0.05, 0.1) is 5.71 Å². The lowest BCUT2D eigenvalue weighted by Crippen LogP contribution is -2.09. The average Bonchev–Trinajstić information content (AvgIpc) is 2.53. The van der Waals surface area contributed by atoms with E-state index in [4.69, 9.17) is 0 Å². The van der Waals surface area contributed by atoms with Crippen molar-refractivity contribution in [3.63, 3.8) is 0 Å². The predicted octanol–water partition coefficient (Wildman–Crippen LogP) is 5.92. The zero-order chi connectivity index (χ0) is 16.1. The third kappa shape index (κ3) is 4.49. The molecule has 2 aromatic rings. The lowest BCUT2D eigenvalue weighted by molar-refractivity contribution is 0.106. The number of aliphatic imine (C=N–C) groups is 1. The van der Waals surface area contributed by atoms with Crippen LogP contribution in [0.5, 0.6) is 0 Å². The van der Waals surface area contributed by atoms with Crippen LogP contribution in [0.2, 0.25) is 0 Å². The molecule has 0 amide bonds. The lowest BCUT2D eigenvalue weighted by Gasteiger charge is -2.02. The van der Waals surface area contributed by atoms with Crippen LogP contribution >= 0.6 is 31.9 Å². The Hall–Kier alpha value is -1.52. The molecule has 0 aliphatic rings. The molecular formula is C18H15Br2NO. The second kappa shape index (κ2) is 7.65. The fourth-order valence-electron chi connectivity index (χ4n) is 1.85. The number of hydrogen-bond donors (Lipinski definition) is 0. The SMILES string of the molecule is CC(=N/C=C(\C)c1ccc(Br)cc1)C(=O)c1ccc(Br)cc1. The number of allylic oxidation sites excluding steroid dienone is 1. The van der Waals surface area contributed by atoms with Crippen molar-refractivity contribution in [1.82, 2.24) is 0 Å². The first-order valence-electron chi connectivity index (χ1n) is 6.75. The number of hydrogen-bond acceptors (Lipinski definition) is 2. The van der Waals surface area contributed by atoms with Gasteiger partial charge in [-0.3, -0.25) is 9.79 Å². The van der Waals surface area contributed by atoms with Gasteiger partial charge in [0.15, 0.2) is 0 Å². The van der Waals surface area contributed by atoms with Gasteiger partial charge in [-0.15, -0.1) is 0 Å². The van der Waals surface area contributed by atoms with Crippen molar-refractivity contribution < 1.29 is 4.79 Å². The number of halogens is 2. The minimum atomic E-state index is -0.0626. The number of Topliss-reactive ketones (excluding diaryl/α,β-unsaturated/α-hetero) is 1. The summed E-state index contributed by atoms with van der Waals surface area (Å²) in [4.78, 5) is 16.6. The standard InChI is InChI=1S/C18H15Br2NO/c1-12(14-3-7-16(19)8-4-14)11-21-13(2)18(22)15-5-9-17(20)10-6-15/h3-11H,1-2H3/b12-11+,21-13?. The summed E-state index contributed by atoms with van der Waals surface area (Å²) in [5.74, 6) is -0.0626. The van der Waals surface area contributed by atoms with Crippen molar-refractivity contribution in [2.24, 2.45) is 4.99 Å². The van der Waals surface area contributed by atoms with Gasteiger partial charge in [-0.05, 0) is 61.4 Å². The topological polar surface area (TPSA) is 29.4 Å². The Balaban J connectivity index is 2.17. The van der Waals surface area contributed by atoms with Crippen LogP contribution in [0.4, 0.5) is 0 Å². The Morgan fingerprint density at radius 1 is 0.864 bits per heavy atom. The Labute approximate surface area is 147 Å². The van der Waals surface area contributed by atoms with Gasteiger partial charge in [0, 0.05) is 20.7 Å². The van der Waals surface area contributed by atoms with Crippen molar-refractivity contribution in [3.8, 4) is 0 Å². The molecule has 0 heterocycles. The molecule has 2 nitrogen and oxygen atoms in total. The molecule has 0 saturated heterocycles. The third-order valence-electron chi connectivity index (χ3n) is 3.19. The van der Waals surface area contributed by atoms with E-state index in [1.54, 1.807) is 25.3 Å². The molecule has 0 N–H and O–H groups in total. The molecule has 0 aliphatic carbocycles. The fraction of sp³-hybridized carbons (Fsp3) is 0.111. The zero-order valence-electron chi connectivity index (χ0n) is 12.3. The molecule has 0 spiro atoms. The summed E-state index contributed by atoms with van der Waals surface area (Å²) in [7, 11) is 0. The monoisotopic (exact) mass is 419 g/mol. The number of nitrogens with zero attached hydrogens (tertiary/aromatic N) is 1. The van der Waals surface area contributed by atoms with Gasteiger partial charge in [-0.2, -0.15) is 0 Å². The summed E-state index contributed by atoms with van der Waals surface area (Å²) in [6.07, 6.45) is 1.73. The van der Waals surface area contributed by atoms with Gasteiger partial charge in [0.1, 0.15) is 0 Å². The number of carbonyl (C=O) groups is 1. The van der Waals surface area contributed by atoms with Gasteiger partial charge < -0.3 is 0 Å². The van der Waals surface area contributed by atoms with Crippen LogP contribution < -0.4 is 0 Å². The van der Waals surface area contributed by atoms with Crippen LogP contribution in [0.3, 0.4) is 0 Å². The molecule has 4 heteroatoms. The van der Waals surface area contributed by atoms with Crippen LogP contribution in [-0.4, -0.2) is 11.5 Å².